The van der Waals surface area contributed by atoms with Crippen molar-refractivity contribution in [2.24, 2.45) is 0 Å². The van der Waals surface area contributed by atoms with E-state index >= 15 is 0 Å². The normalized spacial score (nSPS) is 11.5. The molecule has 0 bridgehead atoms. The molecular formula is C53H34N4. The molecule has 11 rings (SSSR count). The zero-order valence-corrected chi connectivity index (χ0v) is 30.9. The van der Waals surface area contributed by atoms with Crippen molar-refractivity contribution in [1.82, 2.24) is 19.5 Å². The predicted molar refractivity (Wildman–Crippen MR) is 236 cm³/mol. The maximum absolute atomic E-state index is 5.08. The van der Waals surface area contributed by atoms with E-state index in [0.29, 0.717) is 17.5 Å². The van der Waals surface area contributed by atoms with Crippen molar-refractivity contribution in [3.63, 3.8) is 0 Å². The molecule has 9 aromatic carbocycles. The zero-order chi connectivity index (χ0) is 37.7. The summed E-state index contributed by atoms with van der Waals surface area (Å²) < 4.78 is 2.39. The van der Waals surface area contributed by atoms with Gasteiger partial charge in [0, 0.05) is 33.2 Å². The second-order valence-corrected chi connectivity index (χ2v) is 14.5. The molecule has 0 saturated carbocycles. The van der Waals surface area contributed by atoms with Crippen LogP contribution in [0.4, 0.5) is 0 Å². The van der Waals surface area contributed by atoms with Gasteiger partial charge in [0.05, 0.1) is 11.0 Å². The molecular weight excluding hydrogens is 693 g/mol. The van der Waals surface area contributed by atoms with Gasteiger partial charge in [0.25, 0.3) is 0 Å². The van der Waals surface area contributed by atoms with Crippen LogP contribution >= 0.6 is 0 Å². The molecule has 0 saturated heterocycles. The Morgan fingerprint density at radius 1 is 0.263 bits per heavy atom. The lowest BCUT2D eigenvalue weighted by Crippen LogP contribution is -2.00. The van der Waals surface area contributed by atoms with E-state index in [1.165, 1.54) is 49.1 Å². The molecule has 57 heavy (non-hydrogen) atoms. The van der Waals surface area contributed by atoms with Crippen molar-refractivity contribution in [3.05, 3.63) is 206 Å². The first-order valence-electron chi connectivity index (χ1n) is 19.3. The highest BCUT2D eigenvalue weighted by atomic mass is 15.0. The van der Waals surface area contributed by atoms with Crippen molar-refractivity contribution < 1.29 is 0 Å². The molecule has 0 unspecified atom stereocenters. The highest BCUT2D eigenvalue weighted by Gasteiger charge is 2.16. The monoisotopic (exact) mass is 726 g/mol. The average molecular weight is 727 g/mol. The number of para-hydroxylation sites is 1. The van der Waals surface area contributed by atoms with Crippen LogP contribution in [0.5, 0.6) is 0 Å². The number of aromatic nitrogens is 4. The van der Waals surface area contributed by atoms with Crippen molar-refractivity contribution in [2.45, 2.75) is 0 Å². The van der Waals surface area contributed by atoms with Gasteiger partial charge in [-0.25, -0.2) is 15.0 Å². The van der Waals surface area contributed by atoms with Crippen LogP contribution in [-0.2, 0) is 0 Å². The van der Waals surface area contributed by atoms with Crippen LogP contribution in [0, 0.1) is 0 Å². The third kappa shape index (κ3) is 5.92. The Bertz CT molecular complexity index is 3280. The van der Waals surface area contributed by atoms with Crippen LogP contribution in [0.3, 0.4) is 0 Å². The smallest absolute Gasteiger partial charge is 0.164 e. The number of nitrogens with zero attached hydrogens (tertiary/aromatic N) is 4. The van der Waals surface area contributed by atoms with Gasteiger partial charge in [-0.2, -0.15) is 0 Å². The molecule has 266 valence electrons. The van der Waals surface area contributed by atoms with Gasteiger partial charge in [0.15, 0.2) is 17.5 Å². The Hall–Kier alpha value is -7.69. The lowest BCUT2D eigenvalue weighted by Gasteiger charge is -2.12. The molecule has 0 fully saturated rings. The van der Waals surface area contributed by atoms with Crippen molar-refractivity contribution >= 4 is 43.4 Å². The van der Waals surface area contributed by atoms with Gasteiger partial charge in [-0.15, -0.1) is 0 Å². The van der Waals surface area contributed by atoms with Crippen LogP contribution in [0.1, 0.15) is 0 Å². The topological polar surface area (TPSA) is 43.6 Å². The highest BCUT2D eigenvalue weighted by Crippen LogP contribution is 2.36. The minimum absolute atomic E-state index is 0.635. The van der Waals surface area contributed by atoms with Gasteiger partial charge in [-0.05, 0) is 86.3 Å². The molecule has 11 aromatic rings. The Labute approximate surface area is 330 Å². The zero-order valence-electron chi connectivity index (χ0n) is 30.9. The average Bonchev–Trinajstić information content (AvgIpc) is 3.61. The number of benzene rings is 9. The van der Waals surface area contributed by atoms with Gasteiger partial charge in [0.1, 0.15) is 0 Å². The molecule has 0 spiro atoms. The summed E-state index contributed by atoms with van der Waals surface area (Å²) in [6, 6.07) is 73.0. The lowest BCUT2D eigenvalue weighted by molar-refractivity contribution is 1.07. The van der Waals surface area contributed by atoms with Gasteiger partial charge in [-0.3, -0.25) is 0 Å². The number of rotatable bonds is 6. The standard InChI is InChI=1S/C53H34N4/c1-3-12-35(13-4-1)42-26-27-44-31-45(29-28-43(44)30-42)53-55-51(37-14-5-2-6-15-37)54-52(56-53)38-24-22-36(23-25-38)39-18-11-19-46(32-39)57-49-21-10-9-20-47(49)48-33-40-16-7-8-17-41(40)34-50(48)57/h1-34H. The van der Waals surface area contributed by atoms with Crippen LogP contribution in [0.2, 0.25) is 0 Å². The Kier molecular flexibility index (Phi) is 7.78. The molecule has 0 atom stereocenters. The first kappa shape index (κ1) is 32.7. The summed E-state index contributed by atoms with van der Waals surface area (Å²) in [5.41, 5.74) is 11.0. The molecule has 0 amide bonds. The Morgan fingerprint density at radius 2 is 0.737 bits per heavy atom. The summed E-state index contributed by atoms with van der Waals surface area (Å²) in [5.74, 6) is 1.92. The largest absolute Gasteiger partial charge is 0.309 e. The molecule has 0 aliphatic heterocycles. The first-order valence-corrected chi connectivity index (χ1v) is 19.3. The third-order valence-corrected chi connectivity index (χ3v) is 11.0. The van der Waals surface area contributed by atoms with Gasteiger partial charge >= 0.3 is 0 Å². The summed E-state index contributed by atoms with van der Waals surface area (Å²) in [4.78, 5) is 15.1. The molecule has 0 radical (unpaired) electrons. The second kappa shape index (κ2) is 13.6. The SMILES string of the molecule is c1ccc(-c2ccc3cc(-c4nc(-c5ccccc5)nc(-c5ccc(-c6cccc(-n7c8ccccc8c8cc9ccccc9cc87)c6)cc5)n4)ccc3c2)cc1. The van der Waals surface area contributed by atoms with Gasteiger partial charge in [-0.1, -0.05) is 164 Å². The quantitative estimate of drug-likeness (QED) is 0.171. The van der Waals surface area contributed by atoms with Crippen molar-refractivity contribution in [3.8, 4) is 62.1 Å². The minimum Gasteiger partial charge on any atom is -0.309 e. The summed E-state index contributed by atoms with van der Waals surface area (Å²) in [6.07, 6.45) is 0. The fourth-order valence-electron chi connectivity index (χ4n) is 8.12. The summed E-state index contributed by atoms with van der Waals surface area (Å²) in [5, 5.41) is 7.29. The fourth-order valence-corrected chi connectivity index (χ4v) is 8.12. The lowest BCUT2D eigenvalue weighted by atomic mass is 10.00. The van der Waals surface area contributed by atoms with E-state index in [4.69, 9.17) is 15.0 Å². The molecule has 2 aromatic heterocycles. The minimum atomic E-state index is 0.635. The maximum Gasteiger partial charge on any atom is 0.164 e. The summed E-state index contributed by atoms with van der Waals surface area (Å²) in [7, 11) is 0. The molecule has 2 heterocycles. The second-order valence-electron chi connectivity index (χ2n) is 14.5. The van der Waals surface area contributed by atoms with Crippen LogP contribution < -0.4 is 0 Å². The van der Waals surface area contributed by atoms with Crippen LogP contribution in [0.15, 0.2) is 206 Å². The predicted octanol–water partition coefficient (Wildman–Crippen LogP) is 13.6. The number of hydrogen-bond donors (Lipinski definition) is 0. The van der Waals surface area contributed by atoms with Gasteiger partial charge < -0.3 is 4.57 Å². The van der Waals surface area contributed by atoms with Crippen LogP contribution in [0.25, 0.3) is 105 Å². The van der Waals surface area contributed by atoms with Crippen molar-refractivity contribution in [1.29, 1.82) is 0 Å². The van der Waals surface area contributed by atoms with Crippen LogP contribution in [-0.4, -0.2) is 19.5 Å². The Balaban J connectivity index is 0.969. The van der Waals surface area contributed by atoms with E-state index in [-0.39, 0.29) is 0 Å². The highest BCUT2D eigenvalue weighted by molar-refractivity contribution is 6.13. The molecule has 0 N–H and O–H groups in total. The number of hydrogen-bond acceptors (Lipinski definition) is 3. The van der Waals surface area contributed by atoms with E-state index in [2.05, 4.69) is 174 Å². The van der Waals surface area contributed by atoms with Gasteiger partial charge in [0.2, 0.25) is 0 Å². The molecule has 0 aliphatic carbocycles. The summed E-state index contributed by atoms with van der Waals surface area (Å²) in [6.45, 7) is 0. The maximum atomic E-state index is 5.08. The Morgan fingerprint density at radius 3 is 1.47 bits per heavy atom. The first-order chi connectivity index (χ1) is 28.2. The fraction of sp³-hybridized carbons (Fsp3) is 0. The van der Waals surface area contributed by atoms with E-state index in [9.17, 15) is 0 Å². The van der Waals surface area contributed by atoms with Crippen molar-refractivity contribution in [2.75, 3.05) is 0 Å². The van der Waals surface area contributed by atoms with E-state index in [1.807, 2.05) is 36.4 Å². The number of fused-ring (bicyclic) bond motifs is 5. The molecule has 0 aliphatic rings. The van der Waals surface area contributed by atoms with E-state index in [1.54, 1.807) is 0 Å². The molecule has 4 heteroatoms. The third-order valence-electron chi connectivity index (χ3n) is 11.0. The summed E-state index contributed by atoms with van der Waals surface area (Å²) >= 11 is 0. The molecule has 4 nitrogen and oxygen atoms in total. The van der Waals surface area contributed by atoms with E-state index < -0.39 is 0 Å². The van der Waals surface area contributed by atoms with E-state index in [0.717, 1.165) is 38.9 Å².